The van der Waals surface area contributed by atoms with Crippen molar-refractivity contribution in [3.05, 3.63) is 35.4 Å². The van der Waals surface area contributed by atoms with Gasteiger partial charge in [-0.1, -0.05) is 51.0 Å². The van der Waals surface area contributed by atoms with Gasteiger partial charge in [-0.3, -0.25) is 9.59 Å². The second-order valence-corrected chi connectivity index (χ2v) is 7.83. The van der Waals surface area contributed by atoms with E-state index >= 15 is 0 Å². The van der Waals surface area contributed by atoms with Crippen molar-refractivity contribution in [3.8, 4) is 0 Å². The summed E-state index contributed by atoms with van der Waals surface area (Å²) in [6, 6.07) is 7.82. The van der Waals surface area contributed by atoms with Crippen LogP contribution in [-0.4, -0.2) is 24.4 Å². The summed E-state index contributed by atoms with van der Waals surface area (Å²) in [5.41, 5.74) is 8.47. The van der Waals surface area contributed by atoms with Crippen molar-refractivity contribution in [2.75, 3.05) is 6.54 Å². The molecule has 1 fully saturated rings. The Hall–Kier alpha value is -1.88. The highest BCUT2D eigenvalue weighted by Crippen LogP contribution is 2.24. The zero-order valence-corrected chi connectivity index (χ0v) is 16.3. The van der Waals surface area contributed by atoms with E-state index in [9.17, 15) is 9.59 Å². The Kier molecular flexibility index (Phi) is 7.64. The van der Waals surface area contributed by atoms with Crippen LogP contribution in [0, 0.1) is 5.92 Å². The van der Waals surface area contributed by atoms with Gasteiger partial charge in [0.25, 0.3) is 0 Å². The first kappa shape index (κ1) is 20.4. The SMILES string of the molecule is CC(CC(=O)NCC(N)c1ccc(C(C)C)cc1)NC(=O)C1CCCC1. The molecule has 2 unspecified atom stereocenters. The molecule has 0 spiro atoms. The van der Waals surface area contributed by atoms with E-state index in [0.29, 0.717) is 12.5 Å². The predicted octanol–water partition coefficient (Wildman–Crippen LogP) is 3.01. The smallest absolute Gasteiger partial charge is 0.223 e. The Morgan fingerprint density at radius 3 is 2.23 bits per heavy atom. The fourth-order valence-corrected chi connectivity index (χ4v) is 3.42. The molecule has 26 heavy (non-hydrogen) atoms. The molecule has 0 aliphatic heterocycles. The van der Waals surface area contributed by atoms with E-state index in [1.165, 1.54) is 5.56 Å². The molecule has 0 heterocycles. The zero-order chi connectivity index (χ0) is 19.1. The topological polar surface area (TPSA) is 84.2 Å². The largest absolute Gasteiger partial charge is 0.354 e. The van der Waals surface area contributed by atoms with Crippen LogP contribution in [0.2, 0.25) is 0 Å². The van der Waals surface area contributed by atoms with Gasteiger partial charge < -0.3 is 16.4 Å². The predicted molar refractivity (Wildman–Crippen MR) is 105 cm³/mol. The van der Waals surface area contributed by atoms with Crippen molar-refractivity contribution in [2.24, 2.45) is 11.7 Å². The Bertz CT molecular complexity index is 592. The molecular weight excluding hydrogens is 326 g/mol. The lowest BCUT2D eigenvalue weighted by atomic mass is 9.99. The highest BCUT2D eigenvalue weighted by Gasteiger charge is 2.24. The number of benzene rings is 1. The van der Waals surface area contributed by atoms with Crippen LogP contribution in [0.5, 0.6) is 0 Å². The van der Waals surface area contributed by atoms with Gasteiger partial charge in [-0.25, -0.2) is 0 Å². The lowest BCUT2D eigenvalue weighted by Crippen LogP contribution is -2.41. The van der Waals surface area contributed by atoms with Gasteiger partial charge in [0.15, 0.2) is 0 Å². The summed E-state index contributed by atoms with van der Waals surface area (Å²) in [5.74, 6) is 0.617. The third-order valence-electron chi connectivity index (χ3n) is 5.16. The first-order chi connectivity index (χ1) is 12.4. The van der Waals surface area contributed by atoms with E-state index in [2.05, 4.69) is 36.6 Å². The lowest BCUT2D eigenvalue weighted by Gasteiger charge is -2.18. The van der Waals surface area contributed by atoms with Gasteiger partial charge in [0.2, 0.25) is 11.8 Å². The quantitative estimate of drug-likeness (QED) is 0.667. The standard InChI is InChI=1S/C21H33N3O2/c1-14(2)16-8-10-17(11-9-16)19(22)13-23-20(25)12-15(3)24-21(26)18-6-4-5-7-18/h8-11,14-15,18-19H,4-7,12-13,22H2,1-3H3,(H,23,25)(H,24,26). The number of carbonyl (C=O) groups excluding carboxylic acids is 2. The molecule has 0 radical (unpaired) electrons. The molecule has 1 aliphatic rings. The Morgan fingerprint density at radius 1 is 1.08 bits per heavy atom. The summed E-state index contributed by atoms with van der Waals surface area (Å²) in [7, 11) is 0. The zero-order valence-electron chi connectivity index (χ0n) is 16.3. The summed E-state index contributed by atoms with van der Waals surface area (Å²) in [4.78, 5) is 24.2. The van der Waals surface area contributed by atoms with E-state index in [1.54, 1.807) is 0 Å². The number of hydrogen-bond donors (Lipinski definition) is 3. The van der Waals surface area contributed by atoms with Gasteiger partial charge in [0, 0.05) is 31.0 Å². The Labute approximate surface area is 157 Å². The minimum absolute atomic E-state index is 0.0847. The highest BCUT2D eigenvalue weighted by atomic mass is 16.2. The van der Waals surface area contributed by atoms with Crippen LogP contribution in [0.15, 0.2) is 24.3 Å². The molecule has 5 nitrogen and oxygen atoms in total. The van der Waals surface area contributed by atoms with E-state index in [0.717, 1.165) is 31.2 Å². The van der Waals surface area contributed by atoms with Crippen molar-refractivity contribution >= 4 is 11.8 Å². The number of carbonyl (C=O) groups is 2. The minimum Gasteiger partial charge on any atom is -0.354 e. The molecule has 2 amide bonds. The van der Waals surface area contributed by atoms with Crippen molar-refractivity contribution in [2.45, 2.75) is 70.9 Å². The summed E-state index contributed by atoms with van der Waals surface area (Å²) < 4.78 is 0. The number of hydrogen-bond acceptors (Lipinski definition) is 3. The molecule has 1 aromatic carbocycles. The average molecular weight is 360 g/mol. The molecule has 0 aromatic heterocycles. The number of nitrogens with two attached hydrogens (primary N) is 1. The summed E-state index contributed by atoms with van der Waals surface area (Å²) in [6.45, 7) is 6.57. The Morgan fingerprint density at radius 2 is 1.65 bits per heavy atom. The van der Waals surface area contributed by atoms with Crippen molar-refractivity contribution < 1.29 is 9.59 Å². The average Bonchev–Trinajstić information content (AvgIpc) is 3.14. The third kappa shape index (κ3) is 6.13. The molecule has 2 atom stereocenters. The molecule has 5 heteroatoms. The first-order valence-electron chi connectivity index (χ1n) is 9.79. The van der Waals surface area contributed by atoms with Gasteiger partial charge in [-0.15, -0.1) is 0 Å². The van der Waals surface area contributed by atoms with Crippen molar-refractivity contribution in [1.29, 1.82) is 0 Å². The van der Waals surface area contributed by atoms with Gasteiger partial charge in [-0.05, 0) is 36.8 Å². The molecule has 1 saturated carbocycles. The van der Waals surface area contributed by atoms with Gasteiger partial charge in [0.05, 0.1) is 0 Å². The fourth-order valence-electron chi connectivity index (χ4n) is 3.42. The van der Waals surface area contributed by atoms with Crippen LogP contribution in [-0.2, 0) is 9.59 Å². The number of nitrogens with one attached hydrogen (secondary N) is 2. The van der Waals surface area contributed by atoms with Gasteiger partial charge in [0.1, 0.15) is 0 Å². The van der Waals surface area contributed by atoms with Crippen LogP contribution in [0.4, 0.5) is 0 Å². The van der Waals surface area contributed by atoms with Gasteiger partial charge in [-0.2, -0.15) is 0 Å². The van der Waals surface area contributed by atoms with E-state index in [1.807, 2.05) is 19.1 Å². The van der Waals surface area contributed by atoms with Crippen LogP contribution in [0.3, 0.4) is 0 Å². The Balaban J connectivity index is 1.72. The van der Waals surface area contributed by atoms with E-state index in [4.69, 9.17) is 5.73 Å². The van der Waals surface area contributed by atoms with Crippen LogP contribution >= 0.6 is 0 Å². The molecule has 0 saturated heterocycles. The maximum absolute atomic E-state index is 12.1. The second-order valence-electron chi connectivity index (χ2n) is 7.83. The first-order valence-corrected chi connectivity index (χ1v) is 9.79. The monoisotopic (exact) mass is 359 g/mol. The molecule has 1 aromatic rings. The summed E-state index contributed by atoms with van der Waals surface area (Å²) >= 11 is 0. The molecule has 4 N–H and O–H groups in total. The molecular formula is C21H33N3O2. The normalized spacial score (nSPS) is 17.1. The lowest BCUT2D eigenvalue weighted by molar-refractivity contribution is -0.126. The molecule has 0 bridgehead atoms. The van der Waals surface area contributed by atoms with Gasteiger partial charge >= 0.3 is 0 Å². The maximum atomic E-state index is 12.1. The van der Waals surface area contributed by atoms with Crippen LogP contribution < -0.4 is 16.4 Å². The van der Waals surface area contributed by atoms with Crippen molar-refractivity contribution in [1.82, 2.24) is 10.6 Å². The summed E-state index contributed by atoms with van der Waals surface area (Å²) in [6.07, 6.45) is 4.47. The molecule has 2 rings (SSSR count). The summed E-state index contributed by atoms with van der Waals surface area (Å²) in [5, 5.41) is 5.83. The fraction of sp³-hybridized carbons (Fsp3) is 0.619. The molecule has 1 aliphatic carbocycles. The van der Waals surface area contributed by atoms with Crippen LogP contribution in [0.25, 0.3) is 0 Å². The molecule has 144 valence electrons. The third-order valence-corrected chi connectivity index (χ3v) is 5.16. The number of rotatable bonds is 8. The highest BCUT2D eigenvalue weighted by molar-refractivity contribution is 5.81. The second kappa shape index (κ2) is 9.72. The van der Waals surface area contributed by atoms with E-state index < -0.39 is 0 Å². The van der Waals surface area contributed by atoms with E-state index in [-0.39, 0.29) is 36.2 Å². The van der Waals surface area contributed by atoms with Crippen molar-refractivity contribution in [3.63, 3.8) is 0 Å². The maximum Gasteiger partial charge on any atom is 0.223 e. The number of amides is 2. The van der Waals surface area contributed by atoms with Crippen LogP contribution in [0.1, 0.15) is 76.0 Å². The minimum atomic E-state index is -0.233.